The summed E-state index contributed by atoms with van der Waals surface area (Å²) in [5, 5.41) is 37.8. The molecule has 1 fully saturated rings. The van der Waals surface area contributed by atoms with Crippen molar-refractivity contribution in [3.63, 3.8) is 0 Å². The van der Waals surface area contributed by atoms with E-state index < -0.39 is 29.2 Å². The van der Waals surface area contributed by atoms with Gasteiger partial charge in [-0.2, -0.15) is 10.0 Å². The fraction of sp³-hybridized carbons (Fsp3) is 0.316. The van der Waals surface area contributed by atoms with E-state index in [-0.39, 0.29) is 24.6 Å². The van der Waals surface area contributed by atoms with Crippen LogP contribution >= 0.6 is 23.5 Å². The van der Waals surface area contributed by atoms with Gasteiger partial charge in [-0.15, -0.1) is 32.2 Å². The number of fused-ring (bicyclic) bond motifs is 1. The minimum atomic E-state index is -1.21. The highest BCUT2D eigenvalue weighted by atomic mass is 32.2. The summed E-state index contributed by atoms with van der Waals surface area (Å²) in [5.74, 6) is -0.620. The van der Waals surface area contributed by atoms with Crippen LogP contribution in [-0.4, -0.2) is 98.1 Å². The zero-order valence-electron chi connectivity index (χ0n) is 18.3. The van der Waals surface area contributed by atoms with E-state index in [1.807, 2.05) is 6.07 Å². The Labute approximate surface area is 211 Å². The monoisotopic (exact) mass is 530 g/mol. The van der Waals surface area contributed by atoms with Gasteiger partial charge in [0, 0.05) is 11.5 Å². The summed E-state index contributed by atoms with van der Waals surface area (Å²) < 4.78 is 5.41. The normalized spacial score (nSPS) is 19.0. The molecule has 1 aromatic carbocycles. The molecular weight excluding hydrogens is 512 g/mol. The van der Waals surface area contributed by atoms with Crippen LogP contribution in [0.25, 0.3) is 0 Å². The summed E-state index contributed by atoms with van der Waals surface area (Å²) in [6.07, 6.45) is 0. The molecule has 186 valence electrons. The fourth-order valence-corrected chi connectivity index (χ4v) is 5.82. The van der Waals surface area contributed by atoms with Crippen LogP contribution in [0.15, 0.2) is 46.8 Å². The predicted octanol–water partition coefficient (Wildman–Crippen LogP) is -0.856. The molecule has 2 atom stereocenters. The maximum atomic E-state index is 12.8. The molecular formula is C19H18N10O5S2. The van der Waals surface area contributed by atoms with Crippen LogP contribution in [0.4, 0.5) is 0 Å². The number of carbonyl (C=O) groups is 3. The minimum Gasteiger partial charge on any atom is -0.484 e. The van der Waals surface area contributed by atoms with Crippen molar-refractivity contribution in [1.29, 1.82) is 0 Å². The number of rotatable bonds is 10. The second-order valence-corrected chi connectivity index (χ2v) is 9.58. The summed E-state index contributed by atoms with van der Waals surface area (Å²) in [5.41, 5.74) is 0.468. The predicted molar refractivity (Wildman–Crippen MR) is 123 cm³/mol. The van der Waals surface area contributed by atoms with Crippen molar-refractivity contribution in [2.75, 3.05) is 18.1 Å². The van der Waals surface area contributed by atoms with Gasteiger partial charge in [0.2, 0.25) is 5.16 Å². The van der Waals surface area contributed by atoms with E-state index in [1.54, 1.807) is 24.3 Å². The summed E-state index contributed by atoms with van der Waals surface area (Å²) in [4.78, 5) is 39.6. The van der Waals surface area contributed by atoms with Crippen LogP contribution in [-0.2, 0) is 20.9 Å². The van der Waals surface area contributed by atoms with Gasteiger partial charge in [0.05, 0.1) is 0 Å². The first-order valence-corrected chi connectivity index (χ1v) is 12.5. The number of thioether (sulfide) groups is 2. The van der Waals surface area contributed by atoms with Gasteiger partial charge < -0.3 is 15.2 Å². The first kappa shape index (κ1) is 23.7. The third-order valence-electron chi connectivity index (χ3n) is 5.16. The Hall–Kier alpha value is -3.99. The van der Waals surface area contributed by atoms with Crippen molar-refractivity contribution < 1.29 is 24.2 Å². The molecule has 3 N–H and O–H groups in total. The number of benzene rings is 1. The highest BCUT2D eigenvalue weighted by molar-refractivity contribution is 8.01. The van der Waals surface area contributed by atoms with Gasteiger partial charge in [0.15, 0.2) is 12.4 Å². The standard InChI is InChI=1S/C19H18N10O5S2/c30-13(7-34-11-4-2-1-3-5-11)20-14-16(31)29-15(18(32)33)10(8-35-17(14)29)9-36-19-23-27-28(24-19)6-12-21-25-26-22-12/h1-5,14,17H,6-9H2,(H,20,30)(H,32,33)(H,21,22,25,26)/t14-,17-/m1/s1. The molecule has 2 aliphatic heterocycles. The largest absolute Gasteiger partial charge is 0.484 e. The molecule has 3 aromatic rings. The first-order valence-electron chi connectivity index (χ1n) is 10.5. The average molecular weight is 531 g/mol. The summed E-state index contributed by atoms with van der Waals surface area (Å²) in [6, 6.07) is 8.00. The molecule has 0 unspecified atom stereocenters. The number of hydrogen-bond acceptors (Lipinski definition) is 12. The molecule has 2 amide bonds. The Bertz CT molecular complexity index is 1300. The second-order valence-electron chi connectivity index (χ2n) is 7.53. The number of hydrogen-bond donors (Lipinski definition) is 3. The number of amides is 2. The zero-order chi connectivity index (χ0) is 25.1. The number of aromatic amines is 1. The van der Waals surface area contributed by atoms with E-state index in [2.05, 4.69) is 41.4 Å². The highest BCUT2D eigenvalue weighted by Crippen LogP contribution is 2.41. The lowest BCUT2D eigenvalue weighted by Crippen LogP contribution is -2.70. The average Bonchev–Trinajstić information content (AvgIpc) is 3.57. The third-order valence-corrected chi connectivity index (χ3v) is 7.42. The van der Waals surface area contributed by atoms with Crippen molar-refractivity contribution in [1.82, 2.24) is 51.0 Å². The quantitative estimate of drug-likeness (QED) is 0.217. The number of β-lactam (4-membered cyclic amide) rings is 1. The van der Waals surface area contributed by atoms with Crippen LogP contribution in [0.5, 0.6) is 5.75 Å². The number of ether oxygens (including phenoxy) is 1. The SMILES string of the molecule is O=C(COc1ccccc1)N[C@@H]1C(=O)N2C(C(=O)O)=C(CSc3nnn(Cc4nn[nH]n4)n3)CS[C@H]12. The van der Waals surface area contributed by atoms with Crippen molar-refractivity contribution >= 4 is 41.3 Å². The van der Waals surface area contributed by atoms with E-state index in [0.29, 0.717) is 28.1 Å². The number of aromatic nitrogens is 8. The number of nitrogens with one attached hydrogen (secondary N) is 2. The van der Waals surface area contributed by atoms with Crippen molar-refractivity contribution in [2.24, 2.45) is 0 Å². The summed E-state index contributed by atoms with van der Waals surface area (Å²) >= 11 is 2.58. The Morgan fingerprint density at radius 2 is 2.11 bits per heavy atom. The summed E-state index contributed by atoms with van der Waals surface area (Å²) in [7, 11) is 0. The Morgan fingerprint density at radius 1 is 1.28 bits per heavy atom. The Morgan fingerprint density at radius 3 is 2.86 bits per heavy atom. The molecule has 2 aliphatic rings. The lowest BCUT2D eigenvalue weighted by atomic mass is 10.0. The number of aliphatic carboxylic acids is 1. The molecule has 0 radical (unpaired) electrons. The number of nitrogens with zero attached hydrogens (tertiary/aromatic N) is 8. The number of carboxylic acid groups (broad SMARTS) is 1. The third kappa shape index (κ3) is 5.01. The maximum Gasteiger partial charge on any atom is 0.352 e. The first-order chi connectivity index (χ1) is 17.5. The highest BCUT2D eigenvalue weighted by Gasteiger charge is 2.54. The lowest BCUT2D eigenvalue weighted by molar-refractivity contribution is -0.150. The maximum absolute atomic E-state index is 12.8. The fourth-order valence-electron chi connectivity index (χ4n) is 3.56. The van der Waals surface area contributed by atoms with Gasteiger partial charge in [0.25, 0.3) is 11.8 Å². The number of carboxylic acids is 1. The lowest BCUT2D eigenvalue weighted by Gasteiger charge is -2.49. The van der Waals surface area contributed by atoms with E-state index in [0.717, 1.165) is 0 Å². The molecule has 4 heterocycles. The minimum absolute atomic E-state index is 0.0820. The number of H-pyrrole nitrogens is 1. The smallest absolute Gasteiger partial charge is 0.352 e. The van der Waals surface area contributed by atoms with Crippen LogP contribution in [0.1, 0.15) is 5.82 Å². The number of carbonyl (C=O) groups excluding carboxylic acids is 2. The second kappa shape index (κ2) is 10.3. The van der Waals surface area contributed by atoms with Gasteiger partial charge in [-0.1, -0.05) is 35.2 Å². The molecule has 2 aromatic heterocycles. The van der Waals surface area contributed by atoms with Crippen LogP contribution in [0.3, 0.4) is 0 Å². The zero-order valence-corrected chi connectivity index (χ0v) is 20.0. The molecule has 0 saturated carbocycles. The number of para-hydroxylation sites is 1. The van der Waals surface area contributed by atoms with E-state index in [4.69, 9.17) is 4.74 Å². The molecule has 36 heavy (non-hydrogen) atoms. The van der Waals surface area contributed by atoms with Gasteiger partial charge in [-0.05, 0) is 22.9 Å². The Balaban J connectivity index is 1.19. The van der Waals surface area contributed by atoms with Gasteiger partial charge in [-0.25, -0.2) is 4.79 Å². The van der Waals surface area contributed by atoms with Crippen molar-refractivity contribution in [2.45, 2.75) is 23.1 Å². The number of tetrazole rings is 2. The van der Waals surface area contributed by atoms with Gasteiger partial charge >= 0.3 is 5.97 Å². The molecule has 5 rings (SSSR count). The topological polar surface area (TPSA) is 194 Å². The molecule has 17 heteroatoms. The summed E-state index contributed by atoms with van der Waals surface area (Å²) in [6.45, 7) is -0.0778. The molecule has 15 nitrogen and oxygen atoms in total. The van der Waals surface area contributed by atoms with Crippen LogP contribution in [0.2, 0.25) is 0 Å². The van der Waals surface area contributed by atoms with E-state index in [1.165, 1.54) is 33.2 Å². The van der Waals surface area contributed by atoms with Crippen molar-refractivity contribution in [3.8, 4) is 5.75 Å². The van der Waals surface area contributed by atoms with Crippen LogP contribution < -0.4 is 10.1 Å². The Kier molecular flexibility index (Phi) is 6.81. The van der Waals surface area contributed by atoms with Crippen LogP contribution in [0, 0.1) is 0 Å². The van der Waals surface area contributed by atoms with E-state index >= 15 is 0 Å². The molecule has 0 spiro atoms. The van der Waals surface area contributed by atoms with Crippen molar-refractivity contribution in [3.05, 3.63) is 47.4 Å². The molecule has 0 aliphatic carbocycles. The molecule has 1 saturated heterocycles. The van der Waals surface area contributed by atoms with Gasteiger partial charge in [-0.3, -0.25) is 14.5 Å². The van der Waals surface area contributed by atoms with E-state index in [9.17, 15) is 19.5 Å². The molecule has 0 bridgehead atoms. The van der Waals surface area contributed by atoms with Gasteiger partial charge in [0.1, 0.15) is 29.4 Å².